The molecule has 0 bridgehead atoms. The van der Waals surface area contributed by atoms with Crippen LogP contribution in [0.2, 0.25) is 0 Å². The van der Waals surface area contributed by atoms with E-state index in [1.54, 1.807) is 30.3 Å². The van der Waals surface area contributed by atoms with Crippen molar-refractivity contribution in [3.63, 3.8) is 0 Å². The molecular formula is C30H28N4O6. The standard InChI is InChI=1S/C30H28N4O6/c1-16-6-5-7-17(12-16)26-25(27(35)18-8-9-22-21(13-18)33(2)10-11-40-22)28(36)29(37)34(26)30-31-19-14-23(38-3)24(39-4)15-20(19)32-30/h5-9,12-15,26,35H,10-11H2,1-4H3,(H,31,32)/b27-25+. The minimum atomic E-state index is -0.922. The van der Waals surface area contributed by atoms with E-state index in [1.165, 1.54) is 19.1 Å². The number of benzene rings is 3. The van der Waals surface area contributed by atoms with Crippen molar-refractivity contribution in [1.29, 1.82) is 0 Å². The molecule has 2 N–H and O–H groups in total. The Morgan fingerprint density at radius 1 is 1.07 bits per heavy atom. The number of nitrogens with one attached hydrogen (secondary N) is 1. The molecule has 1 unspecified atom stereocenters. The van der Waals surface area contributed by atoms with E-state index in [4.69, 9.17) is 14.2 Å². The summed E-state index contributed by atoms with van der Waals surface area (Å²) < 4.78 is 16.5. The number of hydrogen-bond donors (Lipinski definition) is 2. The van der Waals surface area contributed by atoms with Crippen molar-refractivity contribution < 1.29 is 28.9 Å². The number of amides is 1. The molecule has 1 fully saturated rings. The number of H-pyrrole nitrogens is 1. The molecule has 40 heavy (non-hydrogen) atoms. The second-order valence-corrected chi connectivity index (χ2v) is 9.82. The monoisotopic (exact) mass is 540 g/mol. The molecule has 204 valence electrons. The predicted molar refractivity (Wildman–Crippen MR) is 150 cm³/mol. The summed E-state index contributed by atoms with van der Waals surface area (Å²) in [5.74, 6) is -0.0545. The molecule has 4 aromatic rings. The van der Waals surface area contributed by atoms with Gasteiger partial charge in [0.1, 0.15) is 18.1 Å². The van der Waals surface area contributed by atoms with Crippen LogP contribution >= 0.6 is 0 Å². The van der Waals surface area contributed by atoms with Crippen molar-refractivity contribution in [2.75, 3.05) is 44.2 Å². The number of aliphatic hydroxyl groups excluding tert-OH is 1. The summed E-state index contributed by atoms with van der Waals surface area (Å²) in [6.45, 7) is 3.17. The number of rotatable bonds is 5. The van der Waals surface area contributed by atoms with Crippen LogP contribution in [0.15, 0.2) is 60.2 Å². The highest BCUT2D eigenvalue weighted by molar-refractivity contribution is 6.51. The molecule has 0 saturated carbocycles. The number of fused-ring (bicyclic) bond motifs is 2. The molecule has 1 atom stereocenters. The van der Waals surface area contributed by atoms with E-state index in [0.29, 0.717) is 52.6 Å². The highest BCUT2D eigenvalue weighted by Gasteiger charge is 2.48. The van der Waals surface area contributed by atoms with Crippen LogP contribution in [-0.2, 0) is 9.59 Å². The zero-order valence-corrected chi connectivity index (χ0v) is 22.5. The van der Waals surface area contributed by atoms with Crippen molar-refractivity contribution in [3.8, 4) is 17.2 Å². The van der Waals surface area contributed by atoms with Gasteiger partial charge in [0.25, 0.3) is 5.78 Å². The van der Waals surface area contributed by atoms with Gasteiger partial charge >= 0.3 is 5.91 Å². The zero-order chi connectivity index (χ0) is 28.1. The smallest absolute Gasteiger partial charge is 0.302 e. The van der Waals surface area contributed by atoms with Gasteiger partial charge in [-0.1, -0.05) is 29.8 Å². The van der Waals surface area contributed by atoms with Crippen LogP contribution in [0.1, 0.15) is 22.7 Å². The third-order valence-corrected chi connectivity index (χ3v) is 7.33. The Morgan fingerprint density at radius 3 is 2.60 bits per heavy atom. The molecule has 2 aliphatic rings. The molecule has 0 radical (unpaired) electrons. The molecule has 10 nitrogen and oxygen atoms in total. The summed E-state index contributed by atoms with van der Waals surface area (Å²) in [6.07, 6.45) is 0. The van der Waals surface area contributed by atoms with Gasteiger partial charge in [-0.15, -0.1) is 0 Å². The first-order valence-corrected chi connectivity index (χ1v) is 12.8. The van der Waals surface area contributed by atoms with E-state index < -0.39 is 17.7 Å². The van der Waals surface area contributed by atoms with E-state index in [1.807, 2.05) is 43.1 Å². The molecule has 1 saturated heterocycles. The fourth-order valence-corrected chi connectivity index (χ4v) is 5.30. The topological polar surface area (TPSA) is 117 Å². The number of aromatic nitrogens is 2. The van der Waals surface area contributed by atoms with E-state index >= 15 is 0 Å². The number of Topliss-reactive ketones (excluding diaryl/α,β-unsaturated/α-hetero) is 1. The maximum Gasteiger partial charge on any atom is 0.302 e. The quantitative estimate of drug-likeness (QED) is 0.218. The van der Waals surface area contributed by atoms with Gasteiger partial charge in [0.05, 0.1) is 49.1 Å². The predicted octanol–water partition coefficient (Wildman–Crippen LogP) is 4.34. The lowest BCUT2D eigenvalue weighted by Crippen LogP contribution is -2.30. The molecule has 1 amide bonds. The Labute approximate surface area is 230 Å². The maximum absolute atomic E-state index is 13.6. The van der Waals surface area contributed by atoms with Gasteiger partial charge in [0, 0.05) is 24.7 Å². The molecule has 10 heteroatoms. The first kappa shape index (κ1) is 25.3. The lowest BCUT2D eigenvalue weighted by Gasteiger charge is -2.28. The van der Waals surface area contributed by atoms with Crippen molar-refractivity contribution in [3.05, 3.63) is 76.9 Å². The Morgan fingerprint density at radius 2 is 1.85 bits per heavy atom. The van der Waals surface area contributed by atoms with Gasteiger partial charge in [0.15, 0.2) is 11.5 Å². The van der Waals surface area contributed by atoms with E-state index in [2.05, 4.69) is 9.97 Å². The van der Waals surface area contributed by atoms with Crippen LogP contribution in [0.25, 0.3) is 16.8 Å². The molecule has 3 heterocycles. The van der Waals surface area contributed by atoms with Crippen LogP contribution in [0, 0.1) is 6.92 Å². The number of likely N-dealkylation sites (N-methyl/N-ethyl adjacent to an activating group) is 1. The lowest BCUT2D eigenvalue weighted by molar-refractivity contribution is -0.132. The third kappa shape index (κ3) is 4.00. The summed E-state index contributed by atoms with van der Waals surface area (Å²) in [7, 11) is 4.99. The fourth-order valence-electron chi connectivity index (χ4n) is 5.30. The van der Waals surface area contributed by atoms with Crippen molar-refractivity contribution in [2.24, 2.45) is 0 Å². The molecule has 1 aromatic heterocycles. The summed E-state index contributed by atoms with van der Waals surface area (Å²) >= 11 is 0. The average Bonchev–Trinajstić information content (AvgIpc) is 3.49. The highest BCUT2D eigenvalue weighted by atomic mass is 16.5. The zero-order valence-electron chi connectivity index (χ0n) is 22.5. The summed E-state index contributed by atoms with van der Waals surface area (Å²) in [5, 5.41) is 11.6. The number of imidazole rings is 1. The average molecular weight is 541 g/mol. The number of nitrogens with zero attached hydrogens (tertiary/aromatic N) is 3. The largest absolute Gasteiger partial charge is 0.507 e. The third-order valence-electron chi connectivity index (χ3n) is 7.33. The SMILES string of the molecule is COc1cc2nc(N3C(=O)C(=O)/C(=C(/O)c4ccc5c(c4)N(C)CCO5)C3c3cccc(C)c3)[nH]c2cc1OC. The van der Waals surface area contributed by atoms with Gasteiger partial charge < -0.3 is 29.2 Å². The number of aromatic amines is 1. The van der Waals surface area contributed by atoms with Gasteiger partial charge in [-0.3, -0.25) is 14.5 Å². The number of aryl methyl sites for hydroxylation is 1. The van der Waals surface area contributed by atoms with E-state index in [-0.39, 0.29) is 17.3 Å². The van der Waals surface area contributed by atoms with Crippen LogP contribution < -0.4 is 24.0 Å². The lowest BCUT2D eigenvalue weighted by atomic mass is 9.94. The van der Waals surface area contributed by atoms with Gasteiger partial charge in [-0.25, -0.2) is 4.98 Å². The number of carbonyl (C=O) groups excluding carboxylic acids is 2. The Balaban J connectivity index is 1.54. The first-order valence-electron chi connectivity index (χ1n) is 12.8. The number of carbonyl (C=O) groups is 2. The Bertz CT molecular complexity index is 1670. The molecule has 0 aliphatic carbocycles. The molecule has 2 aliphatic heterocycles. The summed E-state index contributed by atoms with van der Waals surface area (Å²) in [5.41, 5.74) is 3.89. The number of ketones is 1. The number of aliphatic hydroxyl groups is 1. The second kappa shape index (κ2) is 9.64. The van der Waals surface area contributed by atoms with Crippen molar-refractivity contribution >= 4 is 40.1 Å². The van der Waals surface area contributed by atoms with Crippen LogP contribution in [0.4, 0.5) is 11.6 Å². The van der Waals surface area contributed by atoms with Gasteiger partial charge in [-0.05, 0) is 30.7 Å². The molecular weight excluding hydrogens is 512 g/mol. The fraction of sp³-hybridized carbons (Fsp3) is 0.233. The van der Waals surface area contributed by atoms with Crippen LogP contribution in [-0.4, -0.2) is 61.2 Å². The van der Waals surface area contributed by atoms with Crippen molar-refractivity contribution in [2.45, 2.75) is 13.0 Å². The van der Waals surface area contributed by atoms with Crippen LogP contribution in [0.3, 0.4) is 0 Å². The molecule has 0 spiro atoms. The summed E-state index contributed by atoms with van der Waals surface area (Å²) in [4.78, 5) is 38.3. The first-order chi connectivity index (χ1) is 19.3. The van der Waals surface area contributed by atoms with Gasteiger partial charge in [0.2, 0.25) is 5.95 Å². The Hall–Kier alpha value is -4.99. The maximum atomic E-state index is 13.6. The van der Waals surface area contributed by atoms with E-state index in [0.717, 1.165) is 11.3 Å². The van der Waals surface area contributed by atoms with Gasteiger partial charge in [-0.2, -0.15) is 0 Å². The number of hydrogen-bond acceptors (Lipinski definition) is 8. The van der Waals surface area contributed by atoms with Crippen molar-refractivity contribution in [1.82, 2.24) is 9.97 Å². The molecule has 6 rings (SSSR count). The number of methoxy groups -OCH3 is 2. The minimum Gasteiger partial charge on any atom is -0.507 e. The molecule has 3 aromatic carbocycles. The number of anilines is 2. The number of ether oxygens (including phenoxy) is 3. The Kier molecular flexibility index (Phi) is 6.10. The highest BCUT2D eigenvalue weighted by Crippen LogP contribution is 2.43. The summed E-state index contributed by atoms with van der Waals surface area (Å²) in [6, 6.07) is 15.2. The normalized spacial score (nSPS) is 18.1. The van der Waals surface area contributed by atoms with E-state index in [9.17, 15) is 14.7 Å². The van der Waals surface area contributed by atoms with Crippen LogP contribution in [0.5, 0.6) is 17.2 Å². The minimum absolute atomic E-state index is 0.0226. The second-order valence-electron chi connectivity index (χ2n) is 9.82.